The summed E-state index contributed by atoms with van der Waals surface area (Å²) in [5.41, 5.74) is 6.09. The van der Waals surface area contributed by atoms with E-state index >= 15 is 0 Å². The topological polar surface area (TPSA) is 55.4 Å². The number of anilines is 1. The van der Waals surface area contributed by atoms with Crippen LogP contribution >= 0.6 is 0 Å². The van der Waals surface area contributed by atoms with E-state index in [1.54, 1.807) is 12.1 Å². The summed E-state index contributed by atoms with van der Waals surface area (Å²) in [7, 11) is 0. The van der Waals surface area contributed by atoms with Gasteiger partial charge in [-0.1, -0.05) is 65.7 Å². The highest BCUT2D eigenvalue weighted by Crippen LogP contribution is 2.24. The Labute approximate surface area is 165 Å². The van der Waals surface area contributed by atoms with Crippen molar-refractivity contribution in [1.82, 2.24) is 0 Å². The largest absolute Gasteiger partial charge is 0.452 e. The summed E-state index contributed by atoms with van der Waals surface area (Å²) >= 11 is 0. The van der Waals surface area contributed by atoms with Crippen LogP contribution in [0.5, 0.6) is 0 Å². The van der Waals surface area contributed by atoms with Crippen LogP contribution in [0.25, 0.3) is 11.1 Å². The van der Waals surface area contributed by atoms with Gasteiger partial charge in [-0.05, 0) is 49.6 Å². The molecule has 1 N–H and O–H groups in total. The lowest BCUT2D eigenvalue weighted by atomic mass is 9.99. The molecule has 0 atom stereocenters. The minimum atomic E-state index is -0.521. The van der Waals surface area contributed by atoms with Gasteiger partial charge in [0, 0.05) is 5.69 Å². The molecule has 0 bridgehead atoms. The first-order valence-electron chi connectivity index (χ1n) is 9.14. The monoisotopic (exact) mass is 373 g/mol. The zero-order valence-electron chi connectivity index (χ0n) is 16.3. The minimum absolute atomic E-state index is 0.339. The fourth-order valence-corrected chi connectivity index (χ4v) is 2.99. The van der Waals surface area contributed by atoms with Crippen molar-refractivity contribution in [2.45, 2.75) is 20.8 Å². The first-order valence-corrected chi connectivity index (χ1v) is 9.14. The highest BCUT2D eigenvalue weighted by molar-refractivity contribution is 5.99. The van der Waals surface area contributed by atoms with Crippen molar-refractivity contribution in [3.05, 3.63) is 89.0 Å². The predicted octanol–water partition coefficient (Wildman–Crippen LogP) is 5.07. The third-order valence-corrected chi connectivity index (χ3v) is 4.50. The average Bonchev–Trinajstić information content (AvgIpc) is 2.69. The number of carbonyl (C=O) groups is 2. The average molecular weight is 373 g/mol. The van der Waals surface area contributed by atoms with Crippen LogP contribution in [0.15, 0.2) is 66.7 Å². The number of rotatable bonds is 5. The molecule has 4 nitrogen and oxygen atoms in total. The smallest absolute Gasteiger partial charge is 0.339 e. The molecular weight excluding hydrogens is 350 g/mol. The Morgan fingerprint density at radius 2 is 1.54 bits per heavy atom. The Balaban J connectivity index is 1.68. The SMILES string of the molecule is Cc1ccc(-c2ccccc2C(=O)OCC(=O)Nc2ccc(C)cc2C)cc1. The number of ether oxygens (including phenoxy) is 1. The third kappa shape index (κ3) is 4.65. The van der Waals surface area contributed by atoms with Crippen molar-refractivity contribution in [3.63, 3.8) is 0 Å². The third-order valence-electron chi connectivity index (χ3n) is 4.50. The van der Waals surface area contributed by atoms with Gasteiger partial charge in [0.2, 0.25) is 0 Å². The molecule has 142 valence electrons. The molecule has 3 aromatic carbocycles. The summed E-state index contributed by atoms with van der Waals surface area (Å²) in [6.45, 7) is 5.59. The van der Waals surface area contributed by atoms with Gasteiger partial charge in [-0.3, -0.25) is 4.79 Å². The lowest BCUT2D eigenvalue weighted by Gasteiger charge is -2.11. The molecule has 0 radical (unpaired) electrons. The molecule has 3 rings (SSSR count). The fraction of sp³-hybridized carbons (Fsp3) is 0.167. The fourth-order valence-electron chi connectivity index (χ4n) is 2.99. The van der Waals surface area contributed by atoms with Crippen molar-refractivity contribution in [2.24, 2.45) is 0 Å². The number of benzene rings is 3. The molecule has 28 heavy (non-hydrogen) atoms. The Hall–Kier alpha value is -3.40. The van der Waals surface area contributed by atoms with E-state index < -0.39 is 5.97 Å². The standard InChI is InChI=1S/C24H23NO3/c1-16-8-11-19(12-9-16)20-6-4-5-7-21(20)24(27)28-15-23(26)25-22-13-10-17(2)14-18(22)3/h4-14H,15H2,1-3H3,(H,25,26). The van der Waals surface area contributed by atoms with E-state index in [-0.39, 0.29) is 12.5 Å². The predicted molar refractivity (Wildman–Crippen MR) is 111 cm³/mol. The maximum Gasteiger partial charge on any atom is 0.339 e. The highest BCUT2D eigenvalue weighted by atomic mass is 16.5. The van der Waals surface area contributed by atoms with Gasteiger partial charge in [0.25, 0.3) is 5.91 Å². The van der Waals surface area contributed by atoms with Crippen molar-refractivity contribution in [1.29, 1.82) is 0 Å². The summed E-state index contributed by atoms with van der Waals surface area (Å²) in [5.74, 6) is -0.889. The molecule has 0 saturated heterocycles. The van der Waals surface area contributed by atoms with Crippen LogP contribution in [0.4, 0.5) is 5.69 Å². The second-order valence-electron chi connectivity index (χ2n) is 6.85. The Kier molecular flexibility index (Phi) is 5.90. The first-order chi connectivity index (χ1) is 13.4. The number of nitrogens with one attached hydrogen (secondary N) is 1. The lowest BCUT2D eigenvalue weighted by Crippen LogP contribution is -2.21. The summed E-state index contributed by atoms with van der Waals surface area (Å²) in [6.07, 6.45) is 0. The maximum absolute atomic E-state index is 12.6. The summed E-state index contributed by atoms with van der Waals surface area (Å²) in [4.78, 5) is 24.8. The molecule has 1 amide bonds. The molecule has 0 fully saturated rings. The zero-order chi connectivity index (χ0) is 20.1. The van der Waals surface area contributed by atoms with Gasteiger partial charge in [0.1, 0.15) is 0 Å². The van der Waals surface area contributed by atoms with Gasteiger partial charge in [0.15, 0.2) is 6.61 Å². The molecule has 0 aliphatic heterocycles. The van der Waals surface area contributed by atoms with E-state index in [0.29, 0.717) is 11.3 Å². The van der Waals surface area contributed by atoms with E-state index in [1.165, 1.54) is 0 Å². The van der Waals surface area contributed by atoms with Crippen LogP contribution in [0.3, 0.4) is 0 Å². The van der Waals surface area contributed by atoms with Crippen molar-refractivity contribution in [3.8, 4) is 11.1 Å². The maximum atomic E-state index is 12.6. The van der Waals surface area contributed by atoms with Gasteiger partial charge in [-0.2, -0.15) is 0 Å². The molecule has 0 aliphatic rings. The van der Waals surface area contributed by atoms with E-state index in [0.717, 1.165) is 27.8 Å². The molecule has 3 aromatic rings. The zero-order valence-corrected chi connectivity index (χ0v) is 16.3. The number of hydrogen-bond acceptors (Lipinski definition) is 3. The van der Waals surface area contributed by atoms with E-state index in [2.05, 4.69) is 5.32 Å². The molecule has 0 aliphatic carbocycles. The summed E-state index contributed by atoms with van der Waals surface area (Å²) in [6, 6.07) is 20.9. The number of hydrogen-bond donors (Lipinski definition) is 1. The van der Waals surface area contributed by atoms with Crippen molar-refractivity contribution < 1.29 is 14.3 Å². The van der Waals surface area contributed by atoms with Gasteiger partial charge in [-0.25, -0.2) is 4.79 Å². The quantitative estimate of drug-likeness (QED) is 0.635. The van der Waals surface area contributed by atoms with Crippen LogP contribution in [-0.4, -0.2) is 18.5 Å². The number of carbonyl (C=O) groups excluding carboxylic acids is 2. The molecule has 4 heteroatoms. The van der Waals surface area contributed by atoms with Crippen LogP contribution < -0.4 is 5.32 Å². The van der Waals surface area contributed by atoms with Crippen molar-refractivity contribution >= 4 is 17.6 Å². The van der Waals surface area contributed by atoms with Crippen LogP contribution in [0, 0.1) is 20.8 Å². The number of esters is 1. The van der Waals surface area contributed by atoms with E-state index in [1.807, 2.05) is 75.4 Å². The number of amides is 1. The Morgan fingerprint density at radius 1 is 0.857 bits per heavy atom. The van der Waals surface area contributed by atoms with Gasteiger partial charge in [0.05, 0.1) is 5.56 Å². The van der Waals surface area contributed by atoms with Crippen LogP contribution in [-0.2, 0) is 9.53 Å². The van der Waals surface area contributed by atoms with Crippen LogP contribution in [0.1, 0.15) is 27.0 Å². The van der Waals surface area contributed by atoms with Crippen LogP contribution in [0.2, 0.25) is 0 Å². The summed E-state index contributed by atoms with van der Waals surface area (Å²) in [5, 5.41) is 2.78. The molecule has 0 aromatic heterocycles. The first kappa shape index (κ1) is 19.4. The lowest BCUT2D eigenvalue weighted by molar-refractivity contribution is -0.119. The summed E-state index contributed by atoms with van der Waals surface area (Å²) < 4.78 is 5.26. The molecular formula is C24H23NO3. The minimum Gasteiger partial charge on any atom is -0.452 e. The number of aryl methyl sites for hydroxylation is 3. The van der Waals surface area contributed by atoms with Crippen molar-refractivity contribution in [2.75, 3.05) is 11.9 Å². The normalized spacial score (nSPS) is 10.4. The highest BCUT2D eigenvalue weighted by Gasteiger charge is 2.15. The molecule has 0 saturated carbocycles. The molecule has 0 spiro atoms. The molecule has 0 heterocycles. The van der Waals surface area contributed by atoms with E-state index in [4.69, 9.17) is 4.74 Å². The molecule has 0 unspecified atom stereocenters. The van der Waals surface area contributed by atoms with Gasteiger partial charge in [-0.15, -0.1) is 0 Å². The Morgan fingerprint density at radius 3 is 2.25 bits per heavy atom. The van der Waals surface area contributed by atoms with Gasteiger partial charge < -0.3 is 10.1 Å². The Bertz CT molecular complexity index is 1010. The second-order valence-corrected chi connectivity index (χ2v) is 6.85. The van der Waals surface area contributed by atoms with Gasteiger partial charge >= 0.3 is 5.97 Å². The second kappa shape index (κ2) is 8.53. The van der Waals surface area contributed by atoms with E-state index in [9.17, 15) is 9.59 Å².